The lowest BCUT2D eigenvalue weighted by molar-refractivity contribution is -0.147. The van der Waals surface area contributed by atoms with Crippen LogP contribution in [0, 0.1) is 23.2 Å². The van der Waals surface area contributed by atoms with E-state index in [2.05, 4.69) is 6.07 Å². The Labute approximate surface area is 159 Å². The molecule has 1 aromatic carbocycles. The molecule has 1 aliphatic heterocycles. The third-order valence-electron chi connectivity index (χ3n) is 5.88. The quantitative estimate of drug-likeness (QED) is 0.749. The summed E-state index contributed by atoms with van der Waals surface area (Å²) in [5.74, 6) is -1.05. The predicted molar refractivity (Wildman–Crippen MR) is 99.1 cm³/mol. The van der Waals surface area contributed by atoms with Crippen molar-refractivity contribution < 1.29 is 14.4 Å². The predicted octanol–water partition coefficient (Wildman–Crippen LogP) is 2.64. The molecule has 6 nitrogen and oxygen atoms in total. The van der Waals surface area contributed by atoms with E-state index in [-0.39, 0.29) is 42.1 Å². The number of hydrogen-bond acceptors (Lipinski definition) is 4. The normalized spacial score (nSPS) is 22.9. The first-order chi connectivity index (χ1) is 13.0. The van der Waals surface area contributed by atoms with Crippen molar-refractivity contribution in [1.29, 1.82) is 5.26 Å². The van der Waals surface area contributed by atoms with E-state index >= 15 is 0 Å². The molecule has 0 aromatic heterocycles. The molecular formula is C21H25N3O3. The fourth-order valence-electron chi connectivity index (χ4n) is 4.30. The van der Waals surface area contributed by atoms with Gasteiger partial charge in [-0.2, -0.15) is 5.26 Å². The molecule has 1 heterocycles. The van der Waals surface area contributed by atoms with E-state index in [0.29, 0.717) is 12.1 Å². The maximum atomic E-state index is 12.9. The van der Waals surface area contributed by atoms with Crippen LogP contribution in [0.3, 0.4) is 0 Å². The van der Waals surface area contributed by atoms with Gasteiger partial charge in [-0.3, -0.25) is 19.3 Å². The zero-order chi connectivity index (χ0) is 19.6. The molecule has 3 amide bonds. The second-order valence-corrected chi connectivity index (χ2v) is 7.35. The molecule has 1 aromatic rings. The van der Waals surface area contributed by atoms with Gasteiger partial charge in [-0.1, -0.05) is 25.0 Å². The molecule has 0 N–H and O–H groups in total. The molecule has 27 heavy (non-hydrogen) atoms. The Morgan fingerprint density at radius 1 is 1.19 bits per heavy atom. The summed E-state index contributed by atoms with van der Waals surface area (Å²) >= 11 is 0. The molecule has 0 spiro atoms. The van der Waals surface area contributed by atoms with Gasteiger partial charge < -0.3 is 4.90 Å². The number of carbonyl (C=O) groups is 3. The number of imide groups is 1. The van der Waals surface area contributed by atoms with Crippen LogP contribution in [0.25, 0.3) is 0 Å². The third-order valence-corrected chi connectivity index (χ3v) is 5.88. The summed E-state index contributed by atoms with van der Waals surface area (Å²) < 4.78 is 0. The highest BCUT2D eigenvalue weighted by Crippen LogP contribution is 2.38. The Morgan fingerprint density at radius 3 is 2.22 bits per heavy atom. The summed E-state index contributed by atoms with van der Waals surface area (Å²) in [5.41, 5.74) is 1.48. The highest BCUT2D eigenvalue weighted by Gasteiger charge is 2.48. The molecular weight excluding hydrogens is 342 g/mol. The Kier molecular flexibility index (Phi) is 5.59. The number of hydrogen-bond donors (Lipinski definition) is 0. The Morgan fingerprint density at radius 2 is 1.74 bits per heavy atom. The van der Waals surface area contributed by atoms with Crippen molar-refractivity contribution >= 4 is 17.7 Å². The van der Waals surface area contributed by atoms with Crippen molar-refractivity contribution in [1.82, 2.24) is 9.80 Å². The van der Waals surface area contributed by atoms with Crippen LogP contribution in [0.2, 0.25) is 0 Å². The largest absolute Gasteiger partial charge is 0.335 e. The van der Waals surface area contributed by atoms with E-state index in [9.17, 15) is 14.4 Å². The van der Waals surface area contributed by atoms with Crippen molar-refractivity contribution in [2.75, 3.05) is 13.1 Å². The minimum Gasteiger partial charge on any atom is -0.335 e. The second-order valence-electron chi connectivity index (χ2n) is 7.35. The zero-order valence-corrected chi connectivity index (χ0v) is 15.9. The molecule has 2 aliphatic rings. The fourth-order valence-corrected chi connectivity index (χ4v) is 4.30. The molecule has 3 unspecified atom stereocenters. The van der Waals surface area contributed by atoms with Crippen LogP contribution < -0.4 is 0 Å². The van der Waals surface area contributed by atoms with Gasteiger partial charge in [-0.25, -0.2) is 0 Å². The van der Waals surface area contributed by atoms with Crippen LogP contribution in [0.15, 0.2) is 24.3 Å². The molecule has 3 rings (SSSR count). The number of carbonyl (C=O) groups excluding carboxylic acids is 3. The van der Waals surface area contributed by atoms with E-state index in [4.69, 9.17) is 5.26 Å². The summed E-state index contributed by atoms with van der Waals surface area (Å²) in [5, 5.41) is 8.92. The SMILES string of the molecule is CCN(C(=O)CN1C(=O)C2CCCCC2C1=O)C(C)c1ccc(C#N)cc1. The summed E-state index contributed by atoms with van der Waals surface area (Å²) in [7, 11) is 0. The number of amides is 3. The second kappa shape index (κ2) is 7.91. The van der Waals surface area contributed by atoms with Crippen molar-refractivity contribution in [2.45, 2.75) is 45.6 Å². The summed E-state index contributed by atoms with van der Waals surface area (Å²) in [6.45, 7) is 4.09. The van der Waals surface area contributed by atoms with Gasteiger partial charge in [0.15, 0.2) is 0 Å². The van der Waals surface area contributed by atoms with Crippen molar-refractivity contribution in [3.63, 3.8) is 0 Å². The number of benzene rings is 1. The van der Waals surface area contributed by atoms with Gasteiger partial charge in [0, 0.05) is 6.54 Å². The average molecular weight is 367 g/mol. The van der Waals surface area contributed by atoms with Crippen molar-refractivity contribution in [3.05, 3.63) is 35.4 Å². The smallest absolute Gasteiger partial charge is 0.243 e. The van der Waals surface area contributed by atoms with Crippen LogP contribution in [0.5, 0.6) is 0 Å². The first-order valence-corrected chi connectivity index (χ1v) is 9.62. The van der Waals surface area contributed by atoms with Gasteiger partial charge in [-0.05, 0) is 44.4 Å². The van der Waals surface area contributed by atoms with E-state index in [1.165, 1.54) is 4.90 Å². The van der Waals surface area contributed by atoms with Crippen LogP contribution >= 0.6 is 0 Å². The van der Waals surface area contributed by atoms with E-state index in [1.807, 2.05) is 26.0 Å². The number of fused-ring (bicyclic) bond motifs is 1. The topological polar surface area (TPSA) is 81.5 Å². The monoisotopic (exact) mass is 367 g/mol. The molecule has 1 saturated carbocycles. The molecule has 3 atom stereocenters. The first kappa shape index (κ1) is 19.1. The molecule has 1 aliphatic carbocycles. The molecule has 6 heteroatoms. The van der Waals surface area contributed by atoms with Gasteiger partial charge in [0.2, 0.25) is 17.7 Å². The lowest BCUT2D eigenvalue weighted by Crippen LogP contribution is -2.44. The van der Waals surface area contributed by atoms with Gasteiger partial charge >= 0.3 is 0 Å². The summed E-state index contributed by atoms with van der Waals surface area (Å²) in [6, 6.07) is 8.99. The first-order valence-electron chi connectivity index (χ1n) is 9.62. The third kappa shape index (κ3) is 3.59. The van der Waals surface area contributed by atoms with E-state index < -0.39 is 0 Å². The molecule has 0 bridgehead atoms. The van der Waals surface area contributed by atoms with Crippen molar-refractivity contribution in [3.8, 4) is 6.07 Å². The highest BCUT2D eigenvalue weighted by atomic mass is 16.2. The average Bonchev–Trinajstić information content (AvgIpc) is 2.93. The number of likely N-dealkylation sites (N-methyl/N-ethyl adjacent to an activating group) is 1. The van der Waals surface area contributed by atoms with Gasteiger partial charge in [-0.15, -0.1) is 0 Å². The maximum Gasteiger partial charge on any atom is 0.243 e. The lowest BCUT2D eigenvalue weighted by atomic mass is 9.81. The summed E-state index contributed by atoms with van der Waals surface area (Å²) in [4.78, 5) is 41.0. The zero-order valence-electron chi connectivity index (χ0n) is 15.9. The molecule has 2 fully saturated rings. The maximum absolute atomic E-state index is 12.9. The van der Waals surface area contributed by atoms with Crippen LogP contribution in [0.1, 0.15) is 56.7 Å². The molecule has 1 saturated heterocycles. The fraction of sp³-hybridized carbons (Fsp3) is 0.524. The Bertz CT molecular complexity index is 757. The minimum absolute atomic E-state index is 0.180. The number of nitriles is 1. The van der Waals surface area contributed by atoms with E-state index in [0.717, 1.165) is 31.2 Å². The Hall–Kier alpha value is -2.68. The summed E-state index contributed by atoms with van der Waals surface area (Å²) in [6.07, 6.45) is 3.44. The van der Waals surface area contributed by atoms with Gasteiger partial charge in [0.25, 0.3) is 0 Å². The van der Waals surface area contributed by atoms with Gasteiger partial charge in [0.1, 0.15) is 6.54 Å². The van der Waals surface area contributed by atoms with Crippen molar-refractivity contribution in [2.24, 2.45) is 11.8 Å². The van der Waals surface area contributed by atoms with Crippen LogP contribution in [-0.4, -0.2) is 40.6 Å². The standard InChI is InChI=1S/C21H25N3O3/c1-3-23(14(2)16-10-8-15(12-22)9-11-16)19(25)13-24-20(26)17-6-4-5-7-18(17)21(24)27/h8-11,14,17-18H,3-7,13H2,1-2H3. The lowest BCUT2D eigenvalue weighted by Gasteiger charge is -2.30. The molecule has 142 valence electrons. The Balaban J connectivity index is 1.72. The van der Waals surface area contributed by atoms with Gasteiger partial charge in [0.05, 0.1) is 29.5 Å². The minimum atomic E-state index is -0.231. The number of rotatable bonds is 5. The number of likely N-dealkylation sites (tertiary alicyclic amines) is 1. The van der Waals surface area contributed by atoms with E-state index in [1.54, 1.807) is 17.0 Å². The number of nitrogens with zero attached hydrogens (tertiary/aromatic N) is 3. The highest BCUT2D eigenvalue weighted by molar-refractivity contribution is 6.07. The van der Waals surface area contributed by atoms with Crippen LogP contribution in [-0.2, 0) is 14.4 Å². The molecule has 0 radical (unpaired) electrons. The van der Waals surface area contributed by atoms with Crippen LogP contribution in [0.4, 0.5) is 0 Å².